The Kier molecular flexibility index (Phi) is 1.81. The summed E-state index contributed by atoms with van der Waals surface area (Å²) in [4.78, 5) is 11.1. The molecule has 13 heavy (non-hydrogen) atoms. The fourth-order valence-electron chi connectivity index (χ4n) is 1.14. The van der Waals surface area contributed by atoms with Crippen molar-refractivity contribution < 1.29 is 19.0 Å². The van der Waals surface area contributed by atoms with Gasteiger partial charge in [-0.3, -0.25) is 0 Å². The molecule has 4 heteroatoms. The van der Waals surface area contributed by atoms with Crippen molar-refractivity contribution in [1.29, 1.82) is 0 Å². The molecule has 0 aromatic heterocycles. The molecule has 4 nitrogen and oxygen atoms in total. The predicted molar refractivity (Wildman–Crippen MR) is 43.9 cm³/mol. The Hall–Kier alpha value is -1.71. The van der Waals surface area contributed by atoms with Crippen molar-refractivity contribution >= 4 is 5.97 Å². The Morgan fingerprint density at radius 3 is 3.00 bits per heavy atom. The van der Waals surface area contributed by atoms with Gasteiger partial charge in [0.1, 0.15) is 17.1 Å². The van der Waals surface area contributed by atoms with E-state index in [-0.39, 0.29) is 12.8 Å². The highest BCUT2D eigenvalue weighted by molar-refractivity contribution is 5.93. The van der Waals surface area contributed by atoms with Crippen LogP contribution in [0.15, 0.2) is 18.2 Å². The van der Waals surface area contributed by atoms with Crippen molar-refractivity contribution in [3.8, 4) is 11.5 Å². The van der Waals surface area contributed by atoms with Crippen LogP contribution in [-0.2, 0) is 4.74 Å². The van der Waals surface area contributed by atoms with Gasteiger partial charge in [0.05, 0.1) is 7.11 Å². The molecule has 0 fully saturated rings. The van der Waals surface area contributed by atoms with Crippen molar-refractivity contribution in [2.24, 2.45) is 0 Å². The molecule has 1 aromatic rings. The predicted octanol–water partition coefficient (Wildman–Crippen LogP) is 1.20. The van der Waals surface area contributed by atoms with E-state index in [1.54, 1.807) is 25.3 Å². The third-order valence-corrected chi connectivity index (χ3v) is 1.81. The number of hydrogen-bond donors (Lipinski definition) is 0. The summed E-state index contributed by atoms with van der Waals surface area (Å²) in [5.41, 5.74) is 0.437. The molecule has 0 N–H and O–H groups in total. The summed E-state index contributed by atoms with van der Waals surface area (Å²) >= 11 is 0. The zero-order chi connectivity index (χ0) is 9.26. The van der Waals surface area contributed by atoms with Crippen LogP contribution < -0.4 is 9.47 Å². The highest BCUT2D eigenvalue weighted by Crippen LogP contribution is 2.27. The lowest BCUT2D eigenvalue weighted by Crippen LogP contribution is -2.18. The molecule has 1 aliphatic rings. The lowest BCUT2D eigenvalue weighted by molar-refractivity contribution is 0.00484. The largest absolute Gasteiger partial charge is 0.497 e. The van der Waals surface area contributed by atoms with Crippen LogP contribution in [0.2, 0.25) is 0 Å². The normalized spacial score (nSPS) is 14.1. The van der Waals surface area contributed by atoms with Crippen LogP contribution in [0, 0.1) is 0 Å². The maximum Gasteiger partial charge on any atom is 0.344 e. The number of esters is 1. The summed E-state index contributed by atoms with van der Waals surface area (Å²) in [5, 5.41) is 0. The van der Waals surface area contributed by atoms with Gasteiger partial charge in [-0.15, -0.1) is 0 Å². The van der Waals surface area contributed by atoms with E-state index in [0.717, 1.165) is 0 Å². The number of fused-ring (bicyclic) bond motifs is 1. The quantitative estimate of drug-likeness (QED) is 0.609. The molecule has 0 saturated carbocycles. The number of carbonyl (C=O) groups is 1. The summed E-state index contributed by atoms with van der Waals surface area (Å²) in [6.45, 7) is -0.0288. The van der Waals surface area contributed by atoms with E-state index in [2.05, 4.69) is 4.74 Å². The zero-order valence-electron chi connectivity index (χ0n) is 7.07. The molecule has 1 aliphatic heterocycles. The van der Waals surface area contributed by atoms with E-state index in [9.17, 15) is 4.79 Å². The molecule has 2 rings (SSSR count). The number of ether oxygens (including phenoxy) is 3. The molecule has 1 heterocycles. The highest BCUT2D eigenvalue weighted by Gasteiger charge is 2.19. The lowest BCUT2D eigenvalue weighted by atomic mass is 10.2. The van der Waals surface area contributed by atoms with Crippen LogP contribution in [0.5, 0.6) is 11.5 Å². The Balaban J connectivity index is 2.45. The third-order valence-electron chi connectivity index (χ3n) is 1.81. The monoisotopic (exact) mass is 180 g/mol. The maximum absolute atomic E-state index is 11.1. The minimum absolute atomic E-state index is 0.0288. The first kappa shape index (κ1) is 7.91. The molecular weight excluding hydrogens is 172 g/mol. The summed E-state index contributed by atoms with van der Waals surface area (Å²) in [6.07, 6.45) is 0. The second-order valence-electron chi connectivity index (χ2n) is 2.56. The van der Waals surface area contributed by atoms with E-state index >= 15 is 0 Å². The van der Waals surface area contributed by atoms with Crippen LogP contribution in [0.4, 0.5) is 0 Å². The summed E-state index contributed by atoms with van der Waals surface area (Å²) in [5.74, 6) is 0.813. The van der Waals surface area contributed by atoms with E-state index in [4.69, 9.17) is 9.47 Å². The number of methoxy groups -OCH3 is 1. The third kappa shape index (κ3) is 1.30. The minimum atomic E-state index is -0.357. The molecule has 0 unspecified atom stereocenters. The van der Waals surface area contributed by atoms with Gasteiger partial charge in [-0.1, -0.05) is 0 Å². The van der Waals surface area contributed by atoms with E-state index in [0.29, 0.717) is 17.1 Å². The van der Waals surface area contributed by atoms with E-state index in [1.807, 2.05) is 0 Å². The van der Waals surface area contributed by atoms with Gasteiger partial charge in [0.15, 0.2) is 0 Å². The van der Waals surface area contributed by atoms with Crippen LogP contribution >= 0.6 is 0 Å². The second-order valence-corrected chi connectivity index (χ2v) is 2.56. The molecule has 0 bridgehead atoms. The van der Waals surface area contributed by atoms with Crippen molar-refractivity contribution in [1.82, 2.24) is 0 Å². The molecule has 0 radical (unpaired) electrons. The Bertz CT molecular complexity index is 345. The first-order valence-corrected chi connectivity index (χ1v) is 3.79. The van der Waals surface area contributed by atoms with E-state index in [1.165, 1.54) is 0 Å². The second kappa shape index (κ2) is 2.97. The smallest absolute Gasteiger partial charge is 0.344 e. The Labute approximate surface area is 75.0 Å². The lowest BCUT2D eigenvalue weighted by Gasteiger charge is -2.16. The van der Waals surface area contributed by atoms with Gasteiger partial charge in [-0.2, -0.15) is 0 Å². The molecule has 1 aromatic carbocycles. The summed E-state index contributed by atoms with van der Waals surface area (Å²) in [6, 6.07) is 4.97. The SMILES string of the molecule is COc1ccc2c(c1)OCOC2=O. The van der Waals surface area contributed by atoms with Gasteiger partial charge in [-0.25, -0.2) is 4.79 Å². The van der Waals surface area contributed by atoms with Gasteiger partial charge < -0.3 is 14.2 Å². The maximum atomic E-state index is 11.1. The van der Waals surface area contributed by atoms with Gasteiger partial charge in [0.2, 0.25) is 6.79 Å². The summed E-state index contributed by atoms with van der Waals surface area (Å²) in [7, 11) is 1.56. The van der Waals surface area contributed by atoms with Gasteiger partial charge in [0.25, 0.3) is 0 Å². The number of benzene rings is 1. The van der Waals surface area contributed by atoms with E-state index < -0.39 is 0 Å². The van der Waals surface area contributed by atoms with Crippen molar-refractivity contribution in [3.63, 3.8) is 0 Å². The summed E-state index contributed by atoms with van der Waals surface area (Å²) < 4.78 is 14.8. The van der Waals surface area contributed by atoms with Crippen LogP contribution in [0.1, 0.15) is 10.4 Å². The minimum Gasteiger partial charge on any atom is -0.497 e. The topological polar surface area (TPSA) is 44.8 Å². The first-order valence-electron chi connectivity index (χ1n) is 3.79. The number of rotatable bonds is 1. The standard InChI is InChI=1S/C9H8O4/c1-11-6-2-3-7-8(4-6)12-5-13-9(7)10/h2-4H,5H2,1H3. The van der Waals surface area contributed by atoms with Crippen molar-refractivity contribution in [2.75, 3.05) is 13.9 Å². The van der Waals surface area contributed by atoms with Gasteiger partial charge in [-0.05, 0) is 12.1 Å². The number of carbonyl (C=O) groups excluding carboxylic acids is 1. The van der Waals surface area contributed by atoms with Crippen molar-refractivity contribution in [2.45, 2.75) is 0 Å². The molecule has 0 atom stereocenters. The Morgan fingerprint density at radius 2 is 2.23 bits per heavy atom. The molecule has 0 spiro atoms. The molecule has 0 amide bonds. The van der Waals surface area contributed by atoms with Crippen LogP contribution in [-0.4, -0.2) is 19.9 Å². The number of hydrogen-bond acceptors (Lipinski definition) is 4. The zero-order valence-corrected chi connectivity index (χ0v) is 7.07. The first-order chi connectivity index (χ1) is 6.31. The Morgan fingerprint density at radius 1 is 1.38 bits per heavy atom. The fourth-order valence-corrected chi connectivity index (χ4v) is 1.14. The fraction of sp³-hybridized carbons (Fsp3) is 0.222. The molecule has 68 valence electrons. The number of cyclic esters (lactones) is 1. The molecule has 0 aliphatic carbocycles. The van der Waals surface area contributed by atoms with Crippen molar-refractivity contribution in [3.05, 3.63) is 23.8 Å². The average molecular weight is 180 g/mol. The average Bonchev–Trinajstić information content (AvgIpc) is 2.18. The van der Waals surface area contributed by atoms with Gasteiger partial charge >= 0.3 is 5.97 Å². The van der Waals surface area contributed by atoms with Crippen LogP contribution in [0.3, 0.4) is 0 Å². The van der Waals surface area contributed by atoms with Crippen LogP contribution in [0.25, 0.3) is 0 Å². The highest BCUT2D eigenvalue weighted by atomic mass is 16.7. The van der Waals surface area contributed by atoms with Gasteiger partial charge in [0, 0.05) is 6.07 Å². The molecule has 0 saturated heterocycles. The molecular formula is C9H8O4.